The van der Waals surface area contributed by atoms with Crippen LogP contribution in [-0.2, 0) is 0 Å². The molecule has 2 amide bonds. The van der Waals surface area contributed by atoms with E-state index in [9.17, 15) is 4.79 Å². The van der Waals surface area contributed by atoms with Gasteiger partial charge in [0.1, 0.15) is 0 Å². The van der Waals surface area contributed by atoms with Gasteiger partial charge in [-0.05, 0) is 0 Å². The van der Waals surface area contributed by atoms with Crippen LogP contribution in [0.25, 0.3) is 0 Å². The summed E-state index contributed by atoms with van der Waals surface area (Å²) in [6.07, 6.45) is 0. The minimum atomic E-state index is -0.518. The van der Waals surface area contributed by atoms with E-state index in [2.05, 4.69) is 10.3 Å². The summed E-state index contributed by atoms with van der Waals surface area (Å²) in [5.41, 5.74) is 7.50. The first-order valence-electron chi connectivity index (χ1n) is 4.36. The van der Waals surface area contributed by atoms with Gasteiger partial charge in [0.05, 0.1) is 6.61 Å². The summed E-state index contributed by atoms with van der Waals surface area (Å²) in [7, 11) is 0. The molecule has 0 radical (unpaired) electrons. The number of aliphatic hydroxyl groups excluding tert-OH is 1. The molecule has 1 saturated heterocycles. The van der Waals surface area contributed by atoms with Gasteiger partial charge in [0, 0.05) is 32.7 Å². The standard InChI is InChI=1S/C7H16N4O2/c8-7(13)9-11-3-1-10(2-4-11)5-6-12/h12H,1-6H2,(H3,8,9,13). The van der Waals surface area contributed by atoms with Gasteiger partial charge in [0.2, 0.25) is 0 Å². The molecule has 0 spiro atoms. The van der Waals surface area contributed by atoms with E-state index < -0.39 is 6.03 Å². The summed E-state index contributed by atoms with van der Waals surface area (Å²) in [5.74, 6) is 0. The van der Waals surface area contributed by atoms with Gasteiger partial charge in [-0.15, -0.1) is 0 Å². The summed E-state index contributed by atoms with van der Waals surface area (Å²) in [4.78, 5) is 12.6. The van der Waals surface area contributed by atoms with E-state index in [0.29, 0.717) is 6.54 Å². The number of carbonyl (C=O) groups excluding carboxylic acids is 1. The van der Waals surface area contributed by atoms with Crippen LogP contribution in [0.4, 0.5) is 4.79 Å². The molecule has 0 aromatic heterocycles. The first kappa shape index (κ1) is 10.2. The van der Waals surface area contributed by atoms with Gasteiger partial charge < -0.3 is 10.8 Å². The van der Waals surface area contributed by atoms with E-state index in [4.69, 9.17) is 10.8 Å². The summed E-state index contributed by atoms with van der Waals surface area (Å²) in [5, 5.41) is 10.5. The number of rotatable bonds is 3. The number of nitrogens with two attached hydrogens (primary N) is 1. The van der Waals surface area contributed by atoms with Crippen LogP contribution in [0.1, 0.15) is 0 Å². The van der Waals surface area contributed by atoms with Crippen molar-refractivity contribution in [3.05, 3.63) is 0 Å². The zero-order valence-corrected chi connectivity index (χ0v) is 7.57. The van der Waals surface area contributed by atoms with Crippen LogP contribution in [0.2, 0.25) is 0 Å². The van der Waals surface area contributed by atoms with Gasteiger partial charge >= 0.3 is 6.03 Å². The highest BCUT2D eigenvalue weighted by atomic mass is 16.3. The Kier molecular flexibility index (Phi) is 3.94. The lowest BCUT2D eigenvalue weighted by atomic mass is 10.3. The molecule has 0 atom stereocenters. The largest absolute Gasteiger partial charge is 0.395 e. The van der Waals surface area contributed by atoms with E-state index in [1.807, 2.05) is 0 Å². The van der Waals surface area contributed by atoms with Crippen molar-refractivity contribution in [2.24, 2.45) is 5.73 Å². The second-order valence-corrected chi connectivity index (χ2v) is 3.03. The molecule has 0 aromatic rings. The number of carbonyl (C=O) groups is 1. The topological polar surface area (TPSA) is 81.8 Å². The fraction of sp³-hybridized carbons (Fsp3) is 0.857. The number of β-amino-alcohol motifs (C(OH)–C–C–N with tert-alkyl or cyclic N) is 1. The van der Waals surface area contributed by atoms with Crippen LogP contribution >= 0.6 is 0 Å². The van der Waals surface area contributed by atoms with Crippen molar-refractivity contribution in [1.29, 1.82) is 0 Å². The molecule has 4 N–H and O–H groups in total. The fourth-order valence-corrected chi connectivity index (χ4v) is 1.38. The second kappa shape index (κ2) is 5.00. The Labute approximate surface area is 77.3 Å². The number of hydrogen-bond donors (Lipinski definition) is 3. The predicted octanol–water partition coefficient (Wildman–Crippen LogP) is -1.82. The smallest absolute Gasteiger partial charge is 0.326 e. The van der Waals surface area contributed by atoms with E-state index in [-0.39, 0.29) is 6.61 Å². The molecule has 1 heterocycles. The third-order valence-electron chi connectivity index (χ3n) is 2.06. The molecular weight excluding hydrogens is 172 g/mol. The van der Waals surface area contributed by atoms with Crippen molar-refractivity contribution >= 4 is 6.03 Å². The highest BCUT2D eigenvalue weighted by Gasteiger charge is 2.16. The predicted molar refractivity (Wildman–Crippen MR) is 47.8 cm³/mol. The van der Waals surface area contributed by atoms with Crippen LogP contribution in [0.5, 0.6) is 0 Å². The van der Waals surface area contributed by atoms with Crippen molar-refractivity contribution < 1.29 is 9.90 Å². The molecule has 0 aliphatic carbocycles. The number of amides is 2. The van der Waals surface area contributed by atoms with Gasteiger partial charge in [0.25, 0.3) is 0 Å². The third-order valence-corrected chi connectivity index (χ3v) is 2.06. The minimum Gasteiger partial charge on any atom is -0.395 e. The number of aliphatic hydroxyl groups is 1. The van der Waals surface area contributed by atoms with Gasteiger partial charge in [-0.1, -0.05) is 0 Å². The molecule has 1 aliphatic heterocycles. The van der Waals surface area contributed by atoms with Crippen molar-refractivity contribution in [2.75, 3.05) is 39.3 Å². The Bertz CT molecular complexity index is 168. The summed E-state index contributed by atoms with van der Waals surface area (Å²) < 4.78 is 0. The Balaban J connectivity index is 2.18. The zero-order valence-electron chi connectivity index (χ0n) is 7.57. The molecular formula is C7H16N4O2. The first-order chi connectivity index (χ1) is 6.22. The molecule has 76 valence electrons. The van der Waals surface area contributed by atoms with Crippen molar-refractivity contribution in [2.45, 2.75) is 0 Å². The highest BCUT2D eigenvalue weighted by Crippen LogP contribution is 1.97. The van der Waals surface area contributed by atoms with E-state index in [1.54, 1.807) is 5.01 Å². The molecule has 0 bridgehead atoms. The molecule has 0 aromatic carbocycles. The van der Waals surface area contributed by atoms with Crippen LogP contribution in [0.3, 0.4) is 0 Å². The van der Waals surface area contributed by atoms with Crippen molar-refractivity contribution in [1.82, 2.24) is 15.3 Å². The number of nitrogens with one attached hydrogen (secondary N) is 1. The molecule has 0 unspecified atom stereocenters. The number of urea groups is 1. The van der Waals surface area contributed by atoms with Gasteiger partial charge in [-0.25, -0.2) is 9.80 Å². The Hall–Kier alpha value is -0.850. The Morgan fingerprint density at radius 1 is 1.38 bits per heavy atom. The van der Waals surface area contributed by atoms with Crippen molar-refractivity contribution in [3.8, 4) is 0 Å². The van der Waals surface area contributed by atoms with Crippen LogP contribution in [0, 0.1) is 0 Å². The van der Waals surface area contributed by atoms with E-state index >= 15 is 0 Å². The molecule has 6 heteroatoms. The molecule has 0 saturated carbocycles. The quantitative estimate of drug-likeness (QED) is 0.487. The van der Waals surface area contributed by atoms with Crippen LogP contribution in [0.15, 0.2) is 0 Å². The van der Waals surface area contributed by atoms with Gasteiger partial charge in [-0.2, -0.15) is 0 Å². The maximum atomic E-state index is 10.5. The number of piperazine rings is 1. The third kappa shape index (κ3) is 3.58. The Morgan fingerprint density at radius 3 is 2.46 bits per heavy atom. The lowest BCUT2D eigenvalue weighted by Crippen LogP contribution is -2.55. The lowest BCUT2D eigenvalue weighted by molar-refractivity contribution is 0.0874. The highest BCUT2D eigenvalue weighted by molar-refractivity contribution is 5.70. The molecule has 6 nitrogen and oxygen atoms in total. The van der Waals surface area contributed by atoms with E-state index in [0.717, 1.165) is 26.2 Å². The summed E-state index contributed by atoms with van der Waals surface area (Å²) in [6.45, 7) is 4.08. The zero-order chi connectivity index (χ0) is 9.68. The first-order valence-corrected chi connectivity index (χ1v) is 4.36. The van der Waals surface area contributed by atoms with Gasteiger partial charge in [0.15, 0.2) is 0 Å². The maximum Gasteiger partial charge on any atom is 0.326 e. The van der Waals surface area contributed by atoms with Crippen LogP contribution < -0.4 is 11.2 Å². The van der Waals surface area contributed by atoms with Crippen molar-refractivity contribution in [3.63, 3.8) is 0 Å². The average molecular weight is 188 g/mol. The maximum absolute atomic E-state index is 10.5. The van der Waals surface area contributed by atoms with E-state index in [1.165, 1.54) is 0 Å². The molecule has 1 rings (SSSR count). The molecule has 13 heavy (non-hydrogen) atoms. The lowest BCUT2D eigenvalue weighted by Gasteiger charge is -2.33. The number of hydrogen-bond acceptors (Lipinski definition) is 4. The Morgan fingerprint density at radius 2 is 2.00 bits per heavy atom. The summed E-state index contributed by atoms with van der Waals surface area (Å²) in [6, 6.07) is -0.518. The average Bonchev–Trinajstić information content (AvgIpc) is 2.08. The normalized spacial score (nSPS) is 20.1. The van der Waals surface area contributed by atoms with Crippen LogP contribution in [-0.4, -0.2) is 60.4 Å². The fourth-order valence-electron chi connectivity index (χ4n) is 1.38. The van der Waals surface area contributed by atoms with Gasteiger partial charge in [-0.3, -0.25) is 10.3 Å². The number of primary amides is 1. The molecule has 1 aliphatic rings. The number of nitrogens with zero attached hydrogens (tertiary/aromatic N) is 2. The molecule has 1 fully saturated rings. The summed E-state index contributed by atoms with van der Waals surface area (Å²) >= 11 is 0. The minimum absolute atomic E-state index is 0.184. The SMILES string of the molecule is NC(=O)NN1CCN(CCO)CC1. The number of hydrazine groups is 1. The second-order valence-electron chi connectivity index (χ2n) is 3.03. The monoisotopic (exact) mass is 188 g/mol.